The highest BCUT2D eigenvalue weighted by molar-refractivity contribution is 7.99. The molecule has 0 saturated carbocycles. The first-order chi connectivity index (χ1) is 4.97. The van der Waals surface area contributed by atoms with Crippen molar-refractivity contribution in [3.8, 4) is 0 Å². The summed E-state index contributed by atoms with van der Waals surface area (Å²) < 4.78 is 0. The van der Waals surface area contributed by atoms with Crippen LogP contribution in [0.15, 0.2) is 11.0 Å². The zero-order valence-electron chi connectivity index (χ0n) is 5.35. The van der Waals surface area contributed by atoms with Gasteiger partial charge in [0.15, 0.2) is 5.82 Å². The Morgan fingerprint density at radius 2 is 2.70 bits per heavy atom. The quantitative estimate of drug-likeness (QED) is 0.601. The van der Waals surface area contributed by atoms with E-state index < -0.39 is 0 Å². The molecule has 2 heterocycles. The van der Waals surface area contributed by atoms with E-state index in [1.807, 2.05) is 17.8 Å². The largest absolute Gasteiger partial charge is 0.368 e. The first-order valence-corrected chi connectivity index (χ1v) is 4.11. The van der Waals surface area contributed by atoms with Crippen LogP contribution in [-0.4, -0.2) is 17.3 Å². The Bertz CT molecular complexity index is 212. The number of nitrogens with one attached hydrogen (secondary N) is 1. The topological polar surface area (TPSA) is 24.9 Å². The maximum Gasteiger partial charge on any atom is 0.150 e. The number of anilines is 1. The zero-order chi connectivity index (χ0) is 6.81. The molecule has 0 saturated heterocycles. The van der Waals surface area contributed by atoms with Crippen molar-refractivity contribution in [2.24, 2.45) is 0 Å². The van der Waals surface area contributed by atoms with Gasteiger partial charge in [0.05, 0.1) is 4.90 Å². The second-order valence-corrected chi connectivity index (χ2v) is 3.14. The van der Waals surface area contributed by atoms with Gasteiger partial charge in [0.2, 0.25) is 0 Å². The van der Waals surface area contributed by atoms with Crippen LogP contribution in [-0.2, 0) is 0 Å². The predicted molar refractivity (Wildman–Crippen MR) is 41.1 cm³/mol. The maximum atomic E-state index is 4.01. The lowest BCUT2D eigenvalue weighted by Gasteiger charge is -2.13. The monoisotopic (exact) mass is 150 g/mol. The number of hydrogen-bond acceptors (Lipinski definition) is 3. The van der Waals surface area contributed by atoms with Crippen molar-refractivity contribution in [3.63, 3.8) is 0 Å². The van der Waals surface area contributed by atoms with Crippen LogP contribution in [0.1, 0.15) is 0 Å². The Morgan fingerprint density at radius 1 is 1.70 bits per heavy atom. The molecule has 10 heavy (non-hydrogen) atoms. The first-order valence-electron chi connectivity index (χ1n) is 3.12. The number of aromatic nitrogens is 1. The second-order valence-electron chi connectivity index (χ2n) is 2.00. The molecular formula is C7H6N2S. The Morgan fingerprint density at radius 3 is 3.60 bits per heavy atom. The van der Waals surface area contributed by atoms with Gasteiger partial charge in [-0.1, -0.05) is 0 Å². The van der Waals surface area contributed by atoms with Gasteiger partial charge in [0, 0.05) is 24.6 Å². The normalized spacial score (nSPS) is 14.8. The molecule has 0 spiro atoms. The first kappa shape index (κ1) is 5.87. The third-order valence-electron chi connectivity index (χ3n) is 1.32. The van der Waals surface area contributed by atoms with Crippen LogP contribution < -0.4 is 5.32 Å². The number of rotatable bonds is 0. The van der Waals surface area contributed by atoms with E-state index in [2.05, 4.69) is 22.6 Å². The van der Waals surface area contributed by atoms with Crippen molar-refractivity contribution in [1.29, 1.82) is 0 Å². The average Bonchev–Trinajstić information content (AvgIpc) is 2.05. The third kappa shape index (κ3) is 0.910. The van der Waals surface area contributed by atoms with Crippen LogP contribution in [0.25, 0.3) is 0 Å². The summed E-state index contributed by atoms with van der Waals surface area (Å²) in [7, 11) is 0. The molecule has 2 rings (SSSR count). The van der Waals surface area contributed by atoms with Crippen molar-refractivity contribution in [3.05, 3.63) is 18.3 Å². The number of thioether (sulfide) groups is 1. The highest BCUT2D eigenvalue weighted by Gasteiger charge is 2.07. The predicted octanol–water partition coefficient (Wildman–Crippen LogP) is 1.20. The lowest BCUT2D eigenvalue weighted by Crippen LogP contribution is -2.10. The van der Waals surface area contributed by atoms with E-state index in [9.17, 15) is 0 Å². The highest BCUT2D eigenvalue weighted by atomic mass is 32.2. The smallest absolute Gasteiger partial charge is 0.150 e. The van der Waals surface area contributed by atoms with Crippen LogP contribution >= 0.6 is 11.8 Å². The molecule has 1 aromatic heterocycles. The molecule has 50 valence electrons. The van der Waals surface area contributed by atoms with E-state index in [0.29, 0.717) is 0 Å². The standard InChI is InChI=1S/C7H6N2S/c1-2-6-7(8-3-1)9-4-5-10-6/h2H,4-5H2,(H,8,9). The Kier molecular flexibility index (Phi) is 1.40. The lowest BCUT2D eigenvalue weighted by atomic mass is 10.5. The van der Waals surface area contributed by atoms with Gasteiger partial charge in [-0.15, -0.1) is 11.8 Å². The van der Waals surface area contributed by atoms with Crippen LogP contribution in [0, 0.1) is 12.3 Å². The second kappa shape index (κ2) is 2.39. The molecule has 0 aliphatic carbocycles. The van der Waals surface area contributed by atoms with Crippen LogP contribution in [0.2, 0.25) is 0 Å². The summed E-state index contributed by atoms with van der Waals surface area (Å²) in [6, 6.07) is 4.74. The molecule has 0 fully saturated rings. The summed E-state index contributed by atoms with van der Waals surface area (Å²) in [4.78, 5) is 5.19. The molecular weight excluding hydrogens is 144 g/mol. The number of fused-ring (bicyclic) bond motifs is 1. The molecule has 0 aromatic carbocycles. The lowest BCUT2D eigenvalue weighted by molar-refractivity contribution is 1.11. The van der Waals surface area contributed by atoms with E-state index in [1.54, 1.807) is 0 Å². The average molecular weight is 150 g/mol. The fourth-order valence-electron chi connectivity index (χ4n) is 0.877. The molecule has 0 unspecified atom stereocenters. The molecule has 1 aromatic rings. The number of hydrogen-bond donors (Lipinski definition) is 1. The van der Waals surface area contributed by atoms with Gasteiger partial charge in [0.25, 0.3) is 0 Å². The van der Waals surface area contributed by atoms with Gasteiger partial charge in [-0.3, -0.25) is 0 Å². The van der Waals surface area contributed by atoms with E-state index in [-0.39, 0.29) is 0 Å². The molecule has 0 radical (unpaired) electrons. The molecule has 1 N–H and O–H groups in total. The minimum atomic E-state index is 0.954. The molecule has 3 heteroatoms. The summed E-state index contributed by atoms with van der Waals surface area (Å²) in [5.41, 5.74) is 0. The van der Waals surface area contributed by atoms with Crippen LogP contribution in [0.3, 0.4) is 0 Å². The van der Waals surface area contributed by atoms with E-state index in [4.69, 9.17) is 0 Å². The summed E-state index contributed by atoms with van der Waals surface area (Å²) in [6.07, 6.45) is 2.67. The van der Waals surface area contributed by atoms with Crippen molar-refractivity contribution < 1.29 is 0 Å². The molecule has 1 aliphatic heterocycles. The van der Waals surface area contributed by atoms with Crippen molar-refractivity contribution in [1.82, 2.24) is 4.98 Å². The maximum absolute atomic E-state index is 4.01. The van der Waals surface area contributed by atoms with Gasteiger partial charge in [0.1, 0.15) is 0 Å². The van der Waals surface area contributed by atoms with Crippen LogP contribution in [0.4, 0.5) is 5.82 Å². The van der Waals surface area contributed by atoms with Gasteiger partial charge >= 0.3 is 0 Å². The molecule has 2 nitrogen and oxygen atoms in total. The van der Waals surface area contributed by atoms with Crippen molar-refractivity contribution in [2.45, 2.75) is 4.90 Å². The molecule has 0 atom stereocenters. The Labute approximate surface area is 64.0 Å². The summed E-state index contributed by atoms with van der Waals surface area (Å²) in [5.74, 6) is 2.07. The SMILES string of the molecule is c1cc2c(nc#1)NCCS2. The van der Waals surface area contributed by atoms with Gasteiger partial charge in [-0.2, -0.15) is 4.98 Å². The van der Waals surface area contributed by atoms with Gasteiger partial charge in [-0.25, -0.2) is 0 Å². The highest BCUT2D eigenvalue weighted by Crippen LogP contribution is 2.26. The minimum Gasteiger partial charge on any atom is -0.368 e. The molecule has 0 bridgehead atoms. The van der Waals surface area contributed by atoms with E-state index in [0.717, 1.165) is 18.1 Å². The van der Waals surface area contributed by atoms with Crippen LogP contribution in [0.5, 0.6) is 0 Å². The van der Waals surface area contributed by atoms with E-state index in [1.165, 1.54) is 4.90 Å². The van der Waals surface area contributed by atoms with E-state index >= 15 is 0 Å². The fraction of sp³-hybridized carbons (Fsp3) is 0.286. The third-order valence-corrected chi connectivity index (χ3v) is 2.35. The van der Waals surface area contributed by atoms with Gasteiger partial charge in [-0.05, 0) is 6.07 Å². The van der Waals surface area contributed by atoms with Crippen molar-refractivity contribution in [2.75, 3.05) is 17.6 Å². The Hall–Kier alpha value is -0.880. The molecule has 1 aliphatic rings. The number of nitrogens with zero attached hydrogens (tertiary/aromatic N) is 1. The summed E-state index contributed by atoms with van der Waals surface area (Å²) in [6.45, 7) is 1.00. The summed E-state index contributed by atoms with van der Waals surface area (Å²) in [5, 5.41) is 3.18. The minimum absolute atomic E-state index is 0.954. The van der Waals surface area contributed by atoms with Gasteiger partial charge < -0.3 is 5.32 Å². The van der Waals surface area contributed by atoms with Crippen molar-refractivity contribution >= 4 is 17.6 Å². The fourth-order valence-corrected chi connectivity index (χ4v) is 1.70. The Balaban J connectivity index is 2.41. The summed E-state index contributed by atoms with van der Waals surface area (Å²) >= 11 is 1.81. The zero-order valence-corrected chi connectivity index (χ0v) is 6.16. The molecule has 0 amide bonds.